The Labute approximate surface area is 142 Å². The van der Waals surface area contributed by atoms with Gasteiger partial charge in [0, 0.05) is 27.5 Å². The zero-order valence-electron chi connectivity index (χ0n) is 12.3. The standard InChI is InChI=1S/C17H16BrN3O2/c18-12-3-7-15(8-4-12)21-17(23)20-14-5-1-11(2-6-14)16(22)19-13-9-10-13/h1-8,13H,9-10H2,(H,19,22)(H2,20,21,23). The summed E-state index contributed by atoms with van der Waals surface area (Å²) >= 11 is 3.34. The number of carbonyl (C=O) groups is 2. The Kier molecular flexibility index (Phi) is 4.62. The Morgan fingerprint density at radius 3 is 1.91 bits per heavy atom. The number of halogens is 1. The number of rotatable bonds is 4. The lowest BCUT2D eigenvalue weighted by Crippen LogP contribution is -2.25. The minimum Gasteiger partial charge on any atom is -0.349 e. The Balaban J connectivity index is 1.55. The smallest absolute Gasteiger partial charge is 0.323 e. The summed E-state index contributed by atoms with van der Waals surface area (Å²) in [6, 6.07) is 14.1. The summed E-state index contributed by atoms with van der Waals surface area (Å²) in [5.74, 6) is -0.0710. The summed E-state index contributed by atoms with van der Waals surface area (Å²) in [4.78, 5) is 23.8. The van der Waals surface area contributed by atoms with Crippen molar-refractivity contribution in [1.82, 2.24) is 5.32 Å². The molecule has 1 saturated carbocycles. The molecule has 3 N–H and O–H groups in total. The molecule has 2 aromatic rings. The average Bonchev–Trinajstić information content (AvgIpc) is 3.34. The first-order valence-corrected chi connectivity index (χ1v) is 8.14. The topological polar surface area (TPSA) is 70.2 Å². The fourth-order valence-corrected chi connectivity index (χ4v) is 2.29. The summed E-state index contributed by atoms with van der Waals surface area (Å²) in [5.41, 5.74) is 1.92. The summed E-state index contributed by atoms with van der Waals surface area (Å²) in [6.07, 6.45) is 2.11. The van der Waals surface area contributed by atoms with Crippen molar-refractivity contribution in [3.63, 3.8) is 0 Å². The van der Waals surface area contributed by atoms with Gasteiger partial charge in [-0.15, -0.1) is 0 Å². The highest BCUT2D eigenvalue weighted by Crippen LogP contribution is 2.20. The third-order valence-corrected chi connectivity index (χ3v) is 3.95. The van der Waals surface area contributed by atoms with Gasteiger partial charge in [0.05, 0.1) is 0 Å². The number of hydrogen-bond acceptors (Lipinski definition) is 2. The quantitative estimate of drug-likeness (QED) is 0.758. The first-order chi connectivity index (χ1) is 11.1. The molecule has 1 fully saturated rings. The Morgan fingerprint density at radius 2 is 1.39 bits per heavy atom. The van der Waals surface area contributed by atoms with Crippen LogP contribution in [-0.2, 0) is 0 Å². The van der Waals surface area contributed by atoms with E-state index in [0.29, 0.717) is 23.0 Å². The molecule has 3 rings (SSSR count). The van der Waals surface area contributed by atoms with E-state index in [9.17, 15) is 9.59 Å². The van der Waals surface area contributed by atoms with Crippen molar-refractivity contribution in [2.45, 2.75) is 18.9 Å². The summed E-state index contributed by atoms with van der Waals surface area (Å²) in [7, 11) is 0. The first kappa shape index (κ1) is 15.6. The second-order valence-corrected chi connectivity index (χ2v) is 6.33. The molecule has 1 aliphatic rings. The molecule has 3 amide bonds. The molecule has 2 aromatic carbocycles. The van der Waals surface area contributed by atoms with E-state index in [0.717, 1.165) is 17.3 Å². The highest BCUT2D eigenvalue weighted by Gasteiger charge is 2.23. The summed E-state index contributed by atoms with van der Waals surface area (Å²) in [6.45, 7) is 0. The van der Waals surface area contributed by atoms with Gasteiger partial charge >= 0.3 is 6.03 Å². The Morgan fingerprint density at radius 1 is 0.870 bits per heavy atom. The fraction of sp³-hybridized carbons (Fsp3) is 0.176. The molecule has 0 radical (unpaired) electrons. The van der Waals surface area contributed by atoms with Crippen LogP contribution in [0.4, 0.5) is 16.2 Å². The molecule has 0 aromatic heterocycles. The minimum atomic E-state index is -0.331. The van der Waals surface area contributed by atoms with Gasteiger partial charge in [-0.25, -0.2) is 4.79 Å². The van der Waals surface area contributed by atoms with Crippen molar-refractivity contribution in [3.8, 4) is 0 Å². The van der Waals surface area contributed by atoms with Gasteiger partial charge in [0.1, 0.15) is 0 Å². The Hall–Kier alpha value is -2.34. The van der Waals surface area contributed by atoms with Crippen LogP contribution < -0.4 is 16.0 Å². The molecule has 1 aliphatic carbocycles. The van der Waals surface area contributed by atoms with Gasteiger partial charge < -0.3 is 16.0 Å². The fourth-order valence-electron chi connectivity index (χ4n) is 2.03. The molecule has 0 aliphatic heterocycles. The molecule has 0 bridgehead atoms. The maximum atomic E-state index is 11.9. The second kappa shape index (κ2) is 6.83. The summed E-state index contributed by atoms with van der Waals surface area (Å²) < 4.78 is 0.948. The number of hydrogen-bond donors (Lipinski definition) is 3. The minimum absolute atomic E-state index is 0.0710. The molecular weight excluding hydrogens is 358 g/mol. The van der Waals surface area contributed by atoms with Crippen molar-refractivity contribution in [2.24, 2.45) is 0 Å². The van der Waals surface area contributed by atoms with E-state index in [-0.39, 0.29) is 11.9 Å². The number of carbonyl (C=O) groups excluding carboxylic acids is 2. The van der Waals surface area contributed by atoms with Gasteiger partial charge in [-0.2, -0.15) is 0 Å². The summed E-state index contributed by atoms with van der Waals surface area (Å²) in [5, 5.41) is 8.40. The number of urea groups is 1. The van der Waals surface area contributed by atoms with E-state index in [2.05, 4.69) is 31.9 Å². The number of nitrogens with one attached hydrogen (secondary N) is 3. The number of anilines is 2. The van der Waals surface area contributed by atoms with Gasteiger partial charge in [0.25, 0.3) is 5.91 Å². The largest absolute Gasteiger partial charge is 0.349 e. The third-order valence-electron chi connectivity index (χ3n) is 3.42. The van der Waals surface area contributed by atoms with Gasteiger partial charge in [0.15, 0.2) is 0 Å². The van der Waals surface area contributed by atoms with Crippen LogP contribution in [0, 0.1) is 0 Å². The van der Waals surface area contributed by atoms with E-state index in [1.54, 1.807) is 36.4 Å². The normalized spacial score (nSPS) is 13.3. The van der Waals surface area contributed by atoms with Crippen LogP contribution in [-0.4, -0.2) is 18.0 Å². The van der Waals surface area contributed by atoms with E-state index >= 15 is 0 Å². The zero-order chi connectivity index (χ0) is 16.2. The van der Waals surface area contributed by atoms with Gasteiger partial charge in [0.2, 0.25) is 0 Å². The molecule has 0 spiro atoms. The van der Waals surface area contributed by atoms with Gasteiger partial charge in [-0.3, -0.25) is 4.79 Å². The number of amides is 3. The molecule has 0 saturated heterocycles. The Bertz CT molecular complexity index is 710. The van der Waals surface area contributed by atoms with Crippen LogP contribution in [0.15, 0.2) is 53.0 Å². The number of benzene rings is 2. The predicted molar refractivity (Wildman–Crippen MR) is 93.7 cm³/mol. The first-order valence-electron chi connectivity index (χ1n) is 7.35. The van der Waals surface area contributed by atoms with Crippen molar-refractivity contribution < 1.29 is 9.59 Å². The lowest BCUT2D eigenvalue weighted by atomic mass is 10.2. The van der Waals surface area contributed by atoms with Crippen LogP contribution in [0.1, 0.15) is 23.2 Å². The van der Waals surface area contributed by atoms with Crippen LogP contribution in [0.25, 0.3) is 0 Å². The van der Waals surface area contributed by atoms with Crippen molar-refractivity contribution >= 4 is 39.2 Å². The maximum absolute atomic E-state index is 11.9. The lowest BCUT2D eigenvalue weighted by molar-refractivity contribution is 0.0951. The molecule has 0 atom stereocenters. The van der Waals surface area contributed by atoms with Crippen molar-refractivity contribution in [1.29, 1.82) is 0 Å². The maximum Gasteiger partial charge on any atom is 0.323 e. The molecule has 6 heteroatoms. The highest BCUT2D eigenvalue weighted by molar-refractivity contribution is 9.10. The van der Waals surface area contributed by atoms with E-state index in [1.807, 2.05) is 12.1 Å². The van der Waals surface area contributed by atoms with Crippen molar-refractivity contribution in [3.05, 3.63) is 58.6 Å². The molecule has 23 heavy (non-hydrogen) atoms. The average molecular weight is 374 g/mol. The van der Waals surface area contributed by atoms with E-state index < -0.39 is 0 Å². The molecule has 0 unspecified atom stereocenters. The van der Waals surface area contributed by atoms with E-state index in [4.69, 9.17) is 0 Å². The predicted octanol–water partition coefficient (Wildman–Crippen LogP) is 3.99. The van der Waals surface area contributed by atoms with Crippen LogP contribution >= 0.6 is 15.9 Å². The zero-order valence-corrected chi connectivity index (χ0v) is 13.9. The lowest BCUT2D eigenvalue weighted by Gasteiger charge is -2.09. The monoisotopic (exact) mass is 373 g/mol. The third kappa shape index (κ3) is 4.56. The van der Waals surface area contributed by atoms with Gasteiger partial charge in [-0.05, 0) is 61.4 Å². The molecular formula is C17H16BrN3O2. The SMILES string of the molecule is O=C(Nc1ccc(Br)cc1)Nc1ccc(C(=O)NC2CC2)cc1. The molecule has 0 heterocycles. The second-order valence-electron chi connectivity index (χ2n) is 5.41. The van der Waals surface area contributed by atoms with Crippen molar-refractivity contribution in [2.75, 3.05) is 10.6 Å². The van der Waals surface area contributed by atoms with Crippen LogP contribution in [0.3, 0.4) is 0 Å². The molecule has 5 nitrogen and oxygen atoms in total. The van der Waals surface area contributed by atoms with Gasteiger partial charge in [-0.1, -0.05) is 15.9 Å². The van der Waals surface area contributed by atoms with E-state index in [1.165, 1.54) is 0 Å². The van der Waals surface area contributed by atoms with Crippen LogP contribution in [0.5, 0.6) is 0 Å². The molecule has 118 valence electrons. The highest BCUT2D eigenvalue weighted by atomic mass is 79.9. The van der Waals surface area contributed by atoms with Crippen LogP contribution in [0.2, 0.25) is 0 Å².